The second-order valence-corrected chi connectivity index (χ2v) is 8.30. The van der Waals surface area contributed by atoms with Crippen molar-refractivity contribution in [2.24, 2.45) is 5.73 Å². The van der Waals surface area contributed by atoms with E-state index in [0.29, 0.717) is 30.7 Å². The molecule has 3 rings (SSSR count). The number of nitrogens with zero attached hydrogens (tertiary/aromatic N) is 1. The van der Waals surface area contributed by atoms with Crippen molar-refractivity contribution in [2.45, 2.75) is 63.1 Å². The number of hydrogen-bond acceptors (Lipinski definition) is 5. The molecule has 0 radical (unpaired) electrons. The highest BCUT2D eigenvalue weighted by Gasteiger charge is 2.30. The Morgan fingerprint density at radius 1 is 1.03 bits per heavy atom. The van der Waals surface area contributed by atoms with E-state index < -0.39 is 18.1 Å². The van der Waals surface area contributed by atoms with Gasteiger partial charge in [-0.2, -0.15) is 0 Å². The van der Waals surface area contributed by atoms with Gasteiger partial charge in [-0.3, -0.25) is 9.59 Å². The molecule has 1 aliphatic heterocycles. The summed E-state index contributed by atoms with van der Waals surface area (Å²) in [5.41, 5.74) is 5.44. The molecule has 0 spiro atoms. The molecule has 0 bridgehead atoms. The van der Waals surface area contributed by atoms with Gasteiger partial charge in [0, 0.05) is 24.7 Å². The van der Waals surface area contributed by atoms with Crippen molar-refractivity contribution in [2.75, 3.05) is 19.7 Å². The lowest BCUT2D eigenvalue weighted by atomic mass is 9.96. The quantitative estimate of drug-likeness (QED) is 0.535. The predicted octanol–water partition coefficient (Wildman–Crippen LogP) is 1.15. The zero-order chi connectivity index (χ0) is 22.2. The lowest BCUT2D eigenvalue weighted by molar-refractivity contribution is -0.119. The zero-order valence-electron chi connectivity index (χ0n) is 17.7. The van der Waals surface area contributed by atoms with E-state index in [1.807, 2.05) is 0 Å². The Bertz CT molecular complexity index is 764. The zero-order valence-corrected chi connectivity index (χ0v) is 17.7. The Hall–Kier alpha value is -2.81. The molecule has 9 nitrogen and oxygen atoms in total. The van der Waals surface area contributed by atoms with E-state index in [9.17, 15) is 19.5 Å². The van der Waals surface area contributed by atoms with Crippen LogP contribution < -0.4 is 21.1 Å². The molecule has 0 aromatic heterocycles. The summed E-state index contributed by atoms with van der Waals surface area (Å²) in [5.74, 6) is -0.503. The fourth-order valence-corrected chi connectivity index (χ4v) is 4.09. The Morgan fingerprint density at radius 3 is 2.42 bits per heavy atom. The molecule has 31 heavy (non-hydrogen) atoms. The van der Waals surface area contributed by atoms with Gasteiger partial charge in [0.2, 0.25) is 0 Å². The van der Waals surface area contributed by atoms with Gasteiger partial charge < -0.3 is 31.1 Å². The molecule has 1 aliphatic carbocycles. The van der Waals surface area contributed by atoms with Crippen LogP contribution in [0, 0.1) is 0 Å². The normalized spacial score (nSPS) is 22.3. The molecule has 2 atom stereocenters. The lowest BCUT2D eigenvalue weighted by Crippen LogP contribution is -2.53. The average Bonchev–Trinajstić information content (AvgIpc) is 2.95. The number of aliphatic hydroxyl groups is 1. The average molecular weight is 433 g/mol. The van der Waals surface area contributed by atoms with Crippen molar-refractivity contribution in [1.82, 2.24) is 15.5 Å². The van der Waals surface area contributed by atoms with Crippen molar-refractivity contribution in [3.63, 3.8) is 0 Å². The molecule has 1 aromatic carbocycles. The number of carbonyl (C=O) groups is 3. The molecule has 1 saturated heterocycles. The molecule has 0 unspecified atom stereocenters. The van der Waals surface area contributed by atoms with Crippen molar-refractivity contribution >= 4 is 17.8 Å². The Morgan fingerprint density at radius 2 is 1.74 bits per heavy atom. The number of rotatable bonds is 6. The Labute approximate surface area is 182 Å². The molecule has 4 amide bonds. The van der Waals surface area contributed by atoms with Gasteiger partial charge in [0.25, 0.3) is 11.8 Å². The maximum Gasteiger partial charge on any atom is 0.317 e. The van der Waals surface area contributed by atoms with Crippen LogP contribution in [0.1, 0.15) is 55.3 Å². The van der Waals surface area contributed by atoms with Crippen molar-refractivity contribution in [3.8, 4) is 5.75 Å². The van der Waals surface area contributed by atoms with E-state index in [1.54, 1.807) is 29.2 Å². The van der Waals surface area contributed by atoms with E-state index >= 15 is 0 Å². The van der Waals surface area contributed by atoms with E-state index in [-0.39, 0.29) is 31.1 Å². The van der Waals surface area contributed by atoms with E-state index in [1.165, 1.54) is 6.42 Å². The summed E-state index contributed by atoms with van der Waals surface area (Å²) in [6, 6.07) is 5.81. The molecule has 170 valence electrons. The van der Waals surface area contributed by atoms with Crippen LogP contribution >= 0.6 is 0 Å². The van der Waals surface area contributed by atoms with Crippen LogP contribution in [0.15, 0.2) is 24.3 Å². The molecular formula is C22H32N4O5. The second-order valence-electron chi connectivity index (χ2n) is 8.30. The smallest absolute Gasteiger partial charge is 0.317 e. The first-order chi connectivity index (χ1) is 14.9. The third kappa shape index (κ3) is 6.85. The Kier molecular flexibility index (Phi) is 8.11. The summed E-state index contributed by atoms with van der Waals surface area (Å²) >= 11 is 0. The monoisotopic (exact) mass is 432 g/mol. The van der Waals surface area contributed by atoms with Crippen molar-refractivity contribution < 1.29 is 24.2 Å². The number of hydrogen-bond donors (Lipinski definition) is 4. The number of ether oxygens (including phenoxy) is 1. The summed E-state index contributed by atoms with van der Waals surface area (Å²) in [4.78, 5) is 37.9. The van der Waals surface area contributed by atoms with Crippen LogP contribution in [-0.2, 0) is 4.79 Å². The van der Waals surface area contributed by atoms with E-state index in [2.05, 4.69) is 10.6 Å². The van der Waals surface area contributed by atoms with E-state index in [4.69, 9.17) is 10.5 Å². The van der Waals surface area contributed by atoms with Gasteiger partial charge in [0.05, 0.1) is 12.1 Å². The predicted molar refractivity (Wildman–Crippen MR) is 115 cm³/mol. The molecule has 2 fully saturated rings. The second kappa shape index (κ2) is 11.0. The first-order valence-electron chi connectivity index (χ1n) is 11.0. The molecule has 1 aromatic rings. The maximum absolute atomic E-state index is 12.7. The van der Waals surface area contributed by atoms with Crippen LogP contribution in [0.5, 0.6) is 5.75 Å². The van der Waals surface area contributed by atoms with Gasteiger partial charge >= 0.3 is 6.03 Å². The van der Waals surface area contributed by atoms with Crippen LogP contribution in [0.3, 0.4) is 0 Å². The van der Waals surface area contributed by atoms with Gasteiger partial charge in [-0.1, -0.05) is 19.3 Å². The summed E-state index contributed by atoms with van der Waals surface area (Å²) in [5, 5.41) is 16.5. The summed E-state index contributed by atoms with van der Waals surface area (Å²) in [6.45, 7) is 0.567. The number of carbonyl (C=O) groups excluding carboxylic acids is 3. The van der Waals surface area contributed by atoms with Crippen LogP contribution in [0.2, 0.25) is 0 Å². The molecule has 5 N–H and O–H groups in total. The maximum atomic E-state index is 12.7. The molecule has 1 heterocycles. The number of urea groups is 1. The van der Waals surface area contributed by atoms with Crippen molar-refractivity contribution in [3.05, 3.63) is 29.8 Å². The van der Waals surface area contributed by atoms with Crippen LogP contribution in [0.25, 0.3) is 0 Å². The van der Waals surface area contributed by atoms with Gasteiger partial charge in [-0.15, -0.1) is 0 Å². The molecule has 1 saturated carbocycles. The minimum Gasteiger partial charge on any atom is -0.484 e. The molecular weight excluding hydrogens is 400 g/mol. The van der Waals surface area contributed by atoms with E-state index in [0.717, 1.165) is 25.7 Å². The minimum atomic E-state index is -0.727. The highest BCUT2D eigenvalue weighted by atomic mass is 16.5. The summed E-state index contributed by atoms with van der Waals surface area (Å²) in [7, 11) is 0. The number of nitrogens with two attached hydrogens (primary N) is 1. The third-order valence-electron chi connectivity index (χ3n) is 5.84. The highest BCUT2D eigenvalue weighted by Crippen LogP contribution is 2.19. The van der Waals surface area contributed by atoms with Crippen LogP contribution in [0.4, 0.5) is 4.79 Å². The number of likely N-dealkylation sites (tertiary alicyclic amines) is 1. The number of aliphatic hydroxyl groups excluding tert-OH is 1. The molecule has 9 heteroatoms. The number of amides is 4. The lowest BCUT2D eigenvalue weighted by Gasteiger charge is -2.30. The number of primary amides is 1. The fraction of sp³-hybridized carbons (Fsp3) is 0.591. The van der Waals surface area contributed by atoms with Gasteiger partial charge in [0.1, 0.15) is 5.75 Å². The van der Waals surface area contributed by atoms with Gasteiger partial charge in [0.15, 0.2) is 6.61 Å². The molecule has 2 aliphatic rings. The number of benzene rings is 1. The topological polar surface area (TPSA) is 134 Å². The van der Waals surface area contributed by atoms with Crippen LogP contribution in [-0.4, -0.2) is 65.7 Å². The standard InChI is InChI=1S/C22H32N4O5/c23-20(28)14-31-17-10-8-15(9-11-17)21(29)25-18-13-26(12-4-7-19(18)27)22(30)24-16-5-2-1-3-6-16/h8-11,16,18-19,27H,1-7,12-14H2,(H2,23,28)(H,24,30)(H,25,29)/t18-,19+/m0/s1. The number of nitrogens with one attached hydrogen (secondary N) is 2. The highest BCUT2D eigenvalue weighted by molar-refractivity contribution is 5.94. The van der Waals surface area contributed by atoms with Crippen molar-refractivity contribution in [1.29, 1.82) is 0 Å². The largest absolute Gasteiger partial charge is 0.484 e. The van der Waals surface area contributed by atoms with Gasteiger partial charge in [-0.05, 0) is 49.9 Å². The summed E-state index contributed by atoms with van der Waals surface area (Å²) in [6.07, 6.45) is 5.95. The fourth-order valence-electron chi connectivity index (χ4n) is 4.09. The van der Waals surface area contributed by atoms with Gasteiger partial charge in [-0.25, -0.2) is 4.79 Å². The SMILES string of the molecule is NC(=O)COc1ccc(C(=O)N[C@H]2CN(C(=O)NC3CCCCC3)CCC[C@H]2O)cc1. The first-order valence-corrected chi connectivity index (χ1v) is 11.0. The first kappa shape index (κ1) is 22.9. The summed E-state index contributed by atoms with van der Waals surface area (Å²) < 4.78 is 5.19. The minimum absolute atomic E-state index is 0.129. The Balaban J connectivity index is 1.57. The third-order valence-corrected chi connectivity index (χ3v) is 5.84.